The lowest BCUT2D eigenvalue weighted by Crippen LogP contribution is -2.30. The van der Waals surface area contributed by atoms with E-state index in [-0.39, 0.29) is 6.16 Å². The number of rotatable bonds is 6. The van der Waals surface area contributed by atoms with Crippen molar-refractivity contribution in [3.8, 4) is 0 Å². The van der Waals surface area contributed by atoms with Gasteiger partial charge in [-0.2, -0.15) is 0 Å². The van der Waals surface area contributed by atoms with E-state index in [9.17, 15) is 4.57 Å². The van der Waals surface area contributed by atoms with Gasteiger partial charge in [-0.25, -0.2) is 4.68 Å². The zero-order valence-electron chi connectivity index (χ0n) is 13.8. The number of hydrogen-bond donors (Lipinski definition) is 0. The molecule has 2 aliphatic rings. The first-order chi connectivity index (χ1) is 11.0. The molecule has 1 aromatic heterocycles. The van der Waals surface area contributed by atoms with Gasteiger partial charge in [0.1, 0.15) is 11.4 Å². The van der Waals surface area contributed by atoms with E-state index in [1.807, 2.05) is 25.5 Å². The molecule has 0 bridgehead atoms. The Kier molecular flexibility index (Phi) is 4.58. The summed E-state index contributed by atoms with van der Waals surface area (Å²) in [5.74, 6) is 1.66. The Labute approximate surface area is 135 Å². The van der Waals surface area contributed by atoms with Gasteiger partial charge < -0.3 is 13.8 Å². The highest BCUT2D eigenvalue weighted by Gasteiger charge is 2.45. The fourth-order valence-electron chi connectivity index (χ4n) is 3.25. The quantitative estimate of drug-likeness (QED) is 0.734. The lowest BCUT2D eigenvalue weighted by molar-refractivity contribution is 0.0512. The molecule has 8 nitrogen and oxygen atoms in total. The zero-order valence-corrected chi connectivity index (χ0v) is 14.7. The van der Waals surface area contributed by atoms with Crippen molar-refractivity contribution in [2.75, 3.05) is 19.4 Å². The average molecular weight is 342 g/mol. The number of aryl methyl sites for hydroxylation is 1. The van der Waals surface area contributed by atoms with E-state index in [2.05, 4.69) is 15.5 Å². The molecule has 0 spiro atoms. The van der Waals surface area contributed by atoms with Gasteiger partial charge in [0.25, 0.3) is 0 Å². The first kappa shape index (κ1) is 16.6. The monoisotopic (exact) mass is 342 g/mol. The van der Waals surface area contributed by atoms with Gasteiger partial charge in [0.05, 0.1) is 19.4 Å². The standard InChI is InChI=1S/C14H23N4O4P/c1-4-20-23(19,21-5-2)10-14(3)9-11-12(22-14)7-6-8-18-13(11)15-16-17-18/h4-10H2,1-3H3. The normalized spacial score (nSPS) is 24.1. The molecular formula is C14H23N4O4P. The van der Waals surface area contributed by atoms with E-state index >= 15 is 0 Å². The van der Waals surface area contributed by atoms with Crippen molar-refractivity contribution in [2.45, 2.75) is 52.2 Å². The second-order valence-corrected chi connectivity index (χ2v) is 8.12. The van der Waals surface area contributed by atoms with Crippen LogP contribution in [0.2, 0.25) is 0 Å². The second-order valence-electron chi connectivity index (χ2n) is 6.06. The third kappa shape index (κ3) is 3.34. The van der Waals surface area contributed by atoms with Gasteiger partial charge in [-0.15, -0.1) is 5.10 Å². The van der Waals surface area contributed by atoms with Gasteiger partial charge in [-0.1, -0.05) is 0 Å². The van der Waals surface area contributed by atoms with Gasteiger partial charge >= 0.3 is 7.60 Å². The Morgan fingerprint density at radius 3 is 2.78 bits per heavy atom. The Hall–Kier alpha value is -1.24. The predicted octanol–water partition coefficient (Wildman–Crippen LogP) is 2.62. The number of fused-ring (bicyclic) bond motifs is 2. The molecule has 23 heavy (non-hydrogen) atoms. The lowest BCUT2D eigenvalue weighted by atomic mass is 10.00. The fraction of sp³-hybridized carbons (Fsp3) is 0.786. The van der Waals surface area contributed by atoms with Gasteiger partial charge in [0, 0.05) is 25.0 Å². The molecule has 1 unspecified atom stereocenters. The van der Waals surface area contributed by atoms with Crippen molar-refractivity contribution in [3.05, 3.63) is 11.6 Å². The number of nitrogens with zero attached hydrogens (tertiary/aromatic N) is 4. The molecule has 0 amide bonds. The van der Waals surface area contributed by atoms with Crippen molar-refractivity contribution in [1.82, 2.24) is 20.2 Å². The summed E-state index contributed by atoms with van der Waals surface area (Å²) in [7, 11) is -3.18. The van der Waals surface area contributed by atoms with Crippen LogP contribution in [0.4, 0.5) is 0 Å². The second kappa shape index (κ2) is 6.34. The summed E-state index contributed by atoms with van der Waals surface area (Å²) in [5.41, 5.74) is 0.383. The average Bonchev–Trinajstić information content (AvgIpc) is 3.00. The Bertz CT molecular complexity index is 649. The minimum absolute atomic E-state index is 0.218. The van der Waals surface area contributed by atoms with Gasteiger partial charge in [0.15, 0.2) is 5.82 Å². The first-order valence-electron chi connectivity index (χ1n) is 8.04. The number of aromatic nitrogens is 4. The van der Waals surface area contributed by atoms with Gasteiger partial charge in [-0.3, -0.25) is 4.57 Å². The molecular weight excluding hydrogens is 319 g/mol. The third-order valence-electron chi connectivity index (χ3n) is 4.01. The molecule has 0 saturated heterocycles. The largest absolute Gasteiger partial charge is 0.490 e. The Balaban J connectivity index is 1.82. The van der Waals surface area contributed by atoms with Crippen LogP contribution in [0.15, 0.2) is 5.76 Å². The van der Waals surface area contributed by atoms with Crippen LogP contribution in [0.5, 0.6) is 0 Å². The van der Waals surface area contributed by atoms with Crippen LogP contribution in [-0.2, 0) is 24.9 Å². The number of hydrogen-bond acceptors (Lipinski definition) is 7. The predicted molar refractivity (Wildman–Crippen MR) is 83.8 cm³/mol. The number of allylic oxidation sites excluding steroid dienone is 1. The van der Waals surface area contributed by atoms with Crippen LogP contribution in [0.25, 0.3) is 5.57 Å². The first-order valence-corrected chi connectivity index (χ1v) is 9.77. The van der Waals surface area contributed by atoms with Gasteiger partial charge in [0.2, 0.25) is 0 Å². The highest BCUT2D eigenvalue weighted by molar-refractivity contribution is 7.53. The van der Waals surface area contributed by atoms with Crippen molar-refractivity contribution in [3.63, 3.8) is 0 Å². The molecule has 0 N–H and O–H groups in total. The van der Waals surface area contributed by atoms with Crippen LogP contribution in [0, 0.1) is 0 Å². The van der Waals surface area contributed by atoms with Crippen LogP contribution in [0.1, 0.15) is 45.9 Å². The topological polar surface area (TPSA) is 88.4 Å². The van der Waals surface area contributed by atoms with Crippen LogP contribution >= 0.6 is 7.60 Å². The maximum Gasteiger partial charge on any atom is 0.334 e. The van der Waals surface area contributed by atoms with Crippen LogP contribution in [-0.4, -0.2) is 45.2 Å². The van der Waals surface area contributed by atoms with Crippen molar-refractivity contribution < 1.29 is 18.3 Å². The molecule has 2 aliphatic heterocycles. The van der Waals surface area contributed by atoms with Crippen molar-refractivity contribution in [2.24, 2.45) is 0 Å². The molecule has 0 aliphatic carbocycles. The smallest absolute Gasteiger partial charge is 0.334 e. The SMILES string of the molecule is CCOP(=O)(CC1(C)CC2=C(CCCn3nnnc32)O1)OCC. The molecule has 0 saturated carbocycles. The van der Waals surface area contributed by atoms with E-state index in [0.717, 1.165) is 36.5 Å². The van der Waals surface area contributed by atoms with E-state index < -0.39 is 13.2 Å². The molecule has 1 atom stereocenters. The molecule has 1 aromatic rings. The van der Waals surface area contributed by atoms with E-state index in [1.165, 1.54) is 0 Å². The van der Waals surface area contributed by atoms with E-state index in [0.29, 0.717) is 19.6 Å². The number of tetrazole rings is 1. The lowest BCUT2D eigenvalue weighted by Gasteiger charge is -2.29. The molecule has 0 fully saturated rings. The minimum atomic E-state index is -3.18. The zero-order chi connectivity index (χ0) is 16.5. The molecule has 0 radical (unpaired) electrons. The number of ether oxygens (including phenoxy) is 1. The van der Waals surface area contributed by atoms with E-state index in [4.69, 9.17) is 13.8 Å². The maximum absolute atomic E-state index is 12.9. The summed E-state index contributed by atoms with van der Waals surface area (Å²) in [5, 5.41) is 11.9. The van der Waals surface area contributed by atoms with Gasteiger partial charge in [-0.05, 0) is 37.6 Å². The summed E-state index contributed by atoms with van der Waals surface area (Å²) in [6.45, 7) is 7.04. The Morgan fingerprint density at radius 2 is 2.09 bits per heavy atom. The van der Waals surface area contributed by atoms with Crippen LogP contribution in [0.3, 0.4) is 0 Å². The highest BCUT2D eigenvalue weighted by atomic mass is 31.2. The fourth-order valence-corrected chi connectivity index (χ4v) is 5.29. The van der Waals surface area contributed by atoms with Crippen molar-refractivity contribution >= 4 is 13.2 Å². The Morgan fingerprint density at radius 1 is 1.35 bits per heavy atom. The molecule has 9 heteroatoms. The molecule has 128 valence electrons. The maximum atomic E-state index is 12.9. The highest BCUT2D eigenvalue weighted by Crippen LogP contribution is 2.55. The van der Waals surface area contributed by atoms with Crippen LogP contribution < -0.4 is 0 Å². The third-order valence-corrected chi connectivity index (χ3v) is 6.37. The molecule has 3 heterocycles. The summed E-state index contributed by atoms with van der Waals surface area (Å²) in [4.78, 5) is 0. The van der Waals surface area contributed by atoms with E-state index in [1.54, 1.807) is 0 Å². The summed E-state index contributed by atoms with van der Waals surface area (Å²) >= 11 is 0. The summed E-state index contributed by atoms with van der Waals surface area (Å²) in [6, 6.07) is 0. The molecule has 0 aromatic carbocycles. The minimum Gasteiger partial charge on any atom is -0.490 e. The van der Waals surface area contributed by atoms with Crippen molar-refractivity contribution in [1.29, 1.82) is 0 Å². The summed E-state index contributed by atoms with van der Waals surface area (Å²) in [6.07, 6.45) is 2.56. The molecule has 3 rings (SSSR count). The summed E-state index contributed by atoms with van der Waals surface area (Å²) < 4.78 is 31.7.